The number of rotatable bonds is 16. The summed E-state index contributed by atoms with van der Waals surface area (Å²) in [6.45, 7) is 14.1. The van der Waals surface area contributed by atoms with Gasteiger partial charge in [0.2, 0.25) is 0 Å². The van der Waals surface area contributed by atoms with E-state index in [4.69, 9.17) is 0 Å². The fourth-order valence-corrected chi connectivity index (χ4v) is 11.6. The van der Waals surface area contributed by atoms with Gasteiger partial charge in [-0.2, -0.15) is 12.1 Å². The van der Waals surface area contributed by atoms with Gasteiger partial charge in [0.05, 0.1) is 0 Å². The zero-order valence-corrected chi connectivity index (χ0v) is 33.5. The average molecular weight is 737 g/mol. The summed E-state index contributed by atoms with van der Waals surface area (Å²) in [6.07, 6.45) is 16.6. The molecule has 0 amide bonds. The maximum absolute atomic E-state index is 2.47. The summed E-state index contributed by atoms with van der Waals surface area (Å²) >= 11 is 0. The van der Waals surface area contributed by atoms with E-state index in [1.807, 2.05) is 0 Å². The van der Waals surface area contributed by atoms with Crippen molar-refractivity contribution >= 4 is 48.0 Å². The number of hydrogen-bond donors (Lipinski definition) is 0. The van der Waals surface area contributed by atoms with Crippen LogP contribution in [0, 0.1) is 0 Å². The number of unbranched alkanes of at least 4 members (excludes halogenated alkanes) is 6. The van der Waals surface area contributed by atoms with Gasteiger partial charge in [-0.05, 0) is 49.3 Å². The third-order valence-electron chi connectivity index (χ3n) is 8.56. The van der Waals surface area contributed by atoms with Crippen LogP contribution in [-0.2, 0) is 26.2 Å². The van der Waals surface area contributed by atoms with E-state index in [9.17, 15) is 0 Å². The van der Waals surface area contributed by atoms with Gasteiger partial charge in [-0.15, -0.1) is 80.7 Å². The number of hydrogen-bond acceptors (Lipinski definition) is 0. The zero-order valence-electron chi connectivity index (χ0n) is 27.7. The molecule has 0 radical (unpaired) electrons. The van der Waals surface area contributed by atoms with Crippen molar-refractivity contribution in [3.63, 3.8) is 0 Å². The molecule has 5 heteroatoms. The van der Waals surface area contributed by atoms with Crippen molar-refractivity contribution in [1.82, 2.24) is 0 Å². The van der Waals surface area contributed by atoms with Gasteiger partial charge in [-0.3, -0.25) is 0 Å². The standard InChI is InChI=1S/C21H32P.C17H24P.2ClH.Zr/c1-3-5-7-11-15-22(16-12-8-6-4-2)21-17-19-13-9-10-14-20(19)18-21;1-5-13(3)18(14(4)6-2)17-11-15-9-7-8-10-16(15)12-17;;;/h9-10,13-14,17-18H,3-8,11-12,15-16H2,1-2H3;7-14H,5-6H2,1-4H3;2*1H;/q2*-1;;;+4/p-2. The Kier molecular flexibility index (Phi) is 24.2. The first-order valence-corrected chi connectivity index (χ1v) is 19.6. The Bertz CT molecular complexity index is 1140. The van der Waals surface area contributed by atoms with Crippen LogP contribution in [0.15, 0.2) is 72.8 Å². The number of benzene rings is 2. The molecule has 2 unspecified atom stereocenters. The van der Waals surface area contributed by atoms with Crippen LogP contribution in [0.2, 0.25) is 0 Å². The summed E-state index contributed by atoms with van der Waals surface area (Å²) in [6, 6.07) is 27.4. The van der Waals surface area contributed by atoms with E-state index >= 15 is 0 Å². The van der Waals surface area contributed by atoms with Gasteiger partial charge in [-0.1, -0.05) is 108 Å². The minimum atomic E-state index is -0.0252. The monoisotopic (exact) mass is 734 g/mol. The molecule has 0 aliphatic carbocycles. The minimum Gasteiger partial charge on any atom is -1.00 e. The van der Waals surface area contributed by atoms with Gasteiger partial charge in [0.1, 0.15) is 0 Å². The van der Waals surface area contributed by atoms with Crippen molar-refractivity contribution in [3.05, 3.63) is 72.8 Å². The van der Waals surface area contributed by atoms with E-state index in [1.54, 1.807) is 10.6 Å². The second kappa shape index (κ2) is 24.2. The van der Waals surface area contributed by atoms with E-state index in [2.05, 4.69) is 114 Å². The molecule has 0 aromatic heterocycles. The average Bonchev–Trinajstić information content (AvgIpc) is 3.61. The van der Waals surface area contributed by atoms with Gasteiger partial charge in [0, 0.05) is 0 Å². The minimum absolute atomic E-state index is 0. The van der Waals surface area contributed by atoms with Crippen molar-refractivity contribution in [1.29, 1.82) is 0 Å². The molecule has 0 bridgehead atoms. The molecule has 0 saturated heterocycles. The Hall–Kier alpha value is -0.0169. The van der Waals surface area contributed by atoms with Crippen LogP contribution in [0.3, 0.4) is 0 Å². The van der Waals surface area contributed by atoms with E-state index in [0.717, 1.165) is 11.3 Å². The predicted molar refractivity (Wildman–Crippen MR) is 190 cm³/mol. The molecule has 0 fully saturated rings. The number of halogens is 2. The van der Waals surface area contributed by atoms with E-state index in [1.165, 1.54) is 98.1 Å². The second-order valence-electron chi connectivity index (χ2n) is 11.7. The maximum Gasteiger partial charge on any atom is 4.00 e. The van der Waals surface area contributed by atoms with Gasteiger partial charge in [-0.25, -0.2) is 0 Å². The second-order valence-corrected chi connectivity index (χ2v) is 17.3. The predicted octanol–water partition coefficient (Wildman–Crippen LogP) is 6.09. The largest absolute Gasteiger partial charge is 4.00 e. The molecule has 4 aromatic rings. The van der Waals surface area contributed by atoms with Crippen molar-refractivity contribution in [3.8, 4) is 0 Å². The van der Waals surface area contributed by atoms with Crippen LogP contribution in [0.5, 0.6) is 0 Å². The molecule has 0 spiro atoms. The first-order chi connectivity index (χ1) is 19.5. The summed E-state index contributed by atoms with van der Waals surface area (Å²) in [4.78, 5) is 0. The first kappa shape index (κ1) is 43.0. The van der Waals surface area contributed by atoms with E-state index in [-0.39, 0.29) is 66.9 Å². The molecule has 0 nitrogen and oxygen atoms in total. The van der Waals surface area contributed by atoms with Gasteiger partial charge in [0.25, 0.3) is 0 Å². The summed E-state index contributed by atoms with van der Waals surface area (Å²) in [5, 5.41) is 8.96. The fraction of sp³-hybridized carbons (Fsp3) is 0.526. The molecule has 236 valence electrons. The molecule has 43 heavy (non-hydrogen) atoms. The fourth-order valence-electron chi connectivity index (χ4n) is 5.77. The maximum atomic E-state index is 2.47. The van der Waals surface area contributed by atoms with Crippen molar-refractivity contribution in [2.45, 2.75) is 117 Å². The van der Waals surface area contributed by atoms with Crippen LogP contribution < -0.4 is 35.4 Å². The summed E-state index contributed by atoms with van der Waals surface area (Å²) in [7, 11) is 0.0390. The van der Waals surface area contributed by atoms with Crippen LogP contribution in [0.25, 0.3) is 21.5 Å². The van der Waals surface area contributed by atoms with E-state index in [0.29, 0.717) is 0 Å². The first-order valence-electron chi connectivity index (χ1n) is 16.4. The molecule has 0 aliphatic heterocycles. The molecule has 0 saturated carbocycles. The Balaban J connectivity index is 0.000000779. The van der Waals surface area contributed by atoms with E-state index < -0.39 is 0 Å². The molecule has 0 heterocycles. The zero-order chi connectivity index (χ0) is 28.7. The van der Waals surface area contributed by atoms with Gasteiger partial charge >= 0.3 is 26.2 Å². The smallest absolute Gasteiger partial charge is 1.00 e. The Morgan fingerprint density at radius 3 is 1.42 bits per heavy atom. The van der Waals surface area contributed by atoms with Gasteiger partial charge in [0.15, 0.2) is 0 Å². The van der Waals surface area contributed by atoms with Crippen molar-refractivity contribution in [2.75, 3.05) is 12.3 Å². The Morgan fingerprint density at radius 2 is 1.00 bits per heavy atom. The SMILES string of the molecule is CCC(C)P(c1cc2ccccc2[cH-]1)C(C)CC.CCCCCCP(CCCCCC)c1cc2ccccc2[cH-]1.[Cl-].[Cl-].[Zr+4]. The van der Waals surface area contributed by atoms with Crippen molar-refractivity contribution < 1.29 is 51.0 Å². The summed E-state index contributed by atoms with van der Waals surface area (Å²) < 4.78 is 0. The molecular formula is C38H56Cl2P2Zr. The summed E-state index contributed by atoms with van der Waals surface area (Å²) in [5.41, 5.74) is 1.65. The molecule has 4 aromatic carbocycles. The quantitative estimate of drug-likeness (QED) is 0.0743. The third kappa shape index (κ3) is 13.7. The molecule has 0 aliphatic rings. The van der Waals surface area contributed by atoms with Crippen LogP contribution in [0.4, 0.5) is 0 Å². The van der Waals surface area contributed by atoms with Crippen LogP contribution in [0.1, 0.15) is 106 Å². The van der Waals surface area contributed by atoms with Crippen LogP contribution in [-0.4, -0.2) is 23.6 Å². The van der Waals surface area contributed by atoms with Gasteiger partial charge < -0.3 is 24.8 Å². The normalized spacial score (nSPS) is 12.9. The third-order valence-corrected chi connectivity index (χ3v) is 14.7. The Labute approximate surface area is 299 Å². The molecular weight excluding hydrogens is 680 g/mol. The topological polar surface area (TPSA) is 0 Å². The molecule has 0 N–H and O–H groups in total. The number of fused-ring (bicyclic) bond motifs is 2. The molecule has 4 rings (SSSR count). The molecule has 2 atom stereocenters. The van der Waals surface area contributed by atoms with Crippen molar-refractivity contribution in [2.24, 2.45) is 0 Å². The van der Waals surface area contributed by atoms with Crippen LogP contribution >= 0.6 is 15.8 Å². The summed E-state index contributed by atoms with van der Waals surface area (Å²) in [5.74, 6) is 0. The Morgan fingerprint density at radius 1 is 0.581 bits per heavy atom.